The van der Waals surface area contributed by atoms with Crippen LogP contribution in [0, 0.1) is 0 Å². The smallest absolute Gasteiger partial charge is 0.387 e. The minimum atomic E-state index is -4.35. The number of carbonyl (C=O) groups excluding carboxylic acids is 1. The standard InChI is InChI=1S/C59H115N2O6P/c1-6-8-10-12-14-16-18-20-22-24-25-26-27-28-29-30-31-32-33-34-35-36-37-38-40-42-44-46-48-50-52-58(62)57(56-67-68(64,65)66-55-54-61(3,4)5)60-59(63)53-51-49-47-45-43-41-39-23-21-19-17-15-13-11-9-7-2/h17,19,23,39,50,52,57-58,62H,6-16,18,20-22,24-38,40-49,51,53-56H2,1-5H3,(H-,60,63,64,65)/p+1/b19-17-,39-23-,52-50+. The second-order valence-electron chi connectivity index (χ2n) is 21.4. The largest absolute Gasteiger partial charge is 0.472 e. The molecule has 0 rings (SSSR count). The van der Waals surface area contributed by atoms with E-state index in [0.717, 1.165) is 64.2 Å². The molecule has 8 nitrogen and oxygen atoms in total. The Balaban J connectivity index is 4.13. The van der Waals surface area contributed by atoms with Gasteiger partial charge in [-0.15, -0.1) is 0 Å². The Morgan fingerprint density at radius 3 is 1.22 bits per heavy atom. The van der Waals surface area contributed by atoms with Gasteiger partial charge in [-0.05, 0) is 51.4 Å². The zero-order chi connectivity index (χ0) is 49.9. The summed E-state index contributed by atoms with van der Waals surface area (Å²) in [6, 6.07) is -0.854. The number of quaternary nitrogens is 1. The average molecular weight is 981 g/mol. The van der Waals surface area contributed by atoms with E-state index in [1.807, 2.05) is 27.2 Å². The maximum atomic E-state index is 12.9. The number of unbranched alkanes of at least 4 members (excludes halogenated alkanes) is 37. The van der Waals surface area contributed by atoms with E-state index in [1.54, 1.807) is 6.08 Å². The molecule has 0 aliphatic heterocycles. The molecule has 0 radical (unpaired) electrons. The van der Waals surface area contributed by atoms with Crippen LogP contribution in [0.5, 0.6) is 0 Å². The van der Waals surface area contributed by atoms with Crippen LogP contribution < -0.4 is 5.32 Å². The normalized spacial score (nSPS) is 14.2. The Bertz CT molecular complexity index is 1200. The monoisotopic (exact) mass is 980 g/mol. The van der Waals surface area contributed by atoms with Gasteiger partial charge in [-0.2, -0.15) is 0 Å². The minimum Gasteiger partial charge on any atom is -0.387 e. The van der Waals surface area contributed by atoms with Crippen LogP contribution in [0.1, 0.15) is 284 Å². The summed E-state index contributed by atoms with van der Waals surface area (Å²) in [4.78, 5) is 23.3. The van der Waals surface area contributed by atoms with E-state index in [9.17, 15) is 19.4 Å². The first-order valence-electron chi connectivity index (χ1n) is 29.4. The lowest BCUT2D eigenvalue weighted by atomic mass is 10.0. The van der Waals surface area contributed by atoms with Gasteiger partial charge in [-0.3, -0.25) is 13.8 Å². The fourth-order valence-electron chi connectivity index (χ4n) is 8.72. The van der Waals surface area contributed by atoms with Crippen LogP contribution in [0.25, 0.3) is 0 Å². The van der Waals surface area contributed by atoms with Crippen LogP contribution >= 0.6 is 7.82 Å². The second kappa shape index (κ2) is 50.7. The molecule has 3 N–H and O–H groups in total. The molecule has 0 aromatic heterocycles. The summed E-state index contributed by atoms with van der Waals surface area (Å²) in [6.07, 6.45) is 65.4. The van der Waals surface area contributed by atoms with E-state index in [-0.39, 0.29) is 19.1 Å². The summed E-state index contributed by atoms with van der Waals surface area (Å²) >= 11 is 0. The number of hydrogen-bond donors (Lipinski definition) is 3. The molecule has 0 bridgehead atoms. The number of aliphatic hydroxyl groups excluding tert-OH is 1. The molecule has 3 atom stereocenters. The number of nitrogens with zero attached hydrogens (tertiary/aromatic N) is 1. The minimum absolute atomic E-state index is 0.0588. The van der Waals surface area contributed by atoms with Gasteiger partial charge in [0, 0.05) is 6.42 Å². The molecule has 0 saturated carbocycles. The molecule has 3 unspecified atom stereocenters. The first-order chi connectivity index (χ1) is 33.0. The SMILES string of the molecule is CCCCCC/C=C\C/C=C\CCCCCCCC(=O)NC(COP(=O)(O)OCC[N+](C)(C)C)C(O)/C=C/CCCCCCCCCCCCCCCCCCCCCCCCCCCCCC. The van der Waals surface area contributed by atoms with Crippen LogP contribution in [-0.2, 0) is 18.4 Å². The number of allylic oxidation sites excluding steroid dienone is 5. The first kappa shape index (κ1) is 66.7. The van der Waals surface area contributed by atoms with Crippen molar-refractivity contribution in [2.24, 2.45) is 0 Å². The molecular weight excluding hydrogens is 864 g/mol. The molecule has 0 fully saturated rings. The lowest BCUT2D eigenvalue weighted by Crippen LogP contribution is -2.45. The molecule has 0 aliphatic rings. The number of phosphoric ester groups is 1. The zero-order valence-electron chi connectivity index (χ0n) is 45.9. The predicted molar refractivity (Wildman–Crippen MR) is 295 cm³/mol. The molecule has 0 aromatic rings. The van der Waals surface area contributed by atoms with Crippen molar-refractivity contribution in [2.45, 2.75) is 296 Å². The Kier molecular flexibility index (Phi) is 49.7. The number of nitrogens with one attached hydrogen (secondary N) is 1. The highest BCUT2D eigenvalue weighted by Gasteiger charge is 2.27. The first-order valence-corrected chi connectivity index (χ1v) is 30.9. The maximum absolute atomic E-state index is 12.9. The van der Waals surface area contributed by atoms with Gasteiger partial charge in [0.1, 0.15) is 13.2 Å². The van der Waals surface area contributed by atoms with E-state index < -0.39 is 20.0 Å². The Morgan fingerprint density at radius 2 is 0.838 bits per heavy atom. The molecule has 0 heterocycles. The molecular formula is C59H116N2O6P+. The van der Waals surface area contributed by atoms with Crippen molar-refractivity contribution in [3.8, 4) is 0 Å². The third-order valence-electron chi connectivity index (χ3n) is 13.4. The van der Waals surface area contributed by atoms with Crippen molar-refractivity contribution in [2.75, 3.05) is 40.9 Å². The quantitative estimate of drug-likeness (QED) is 0.0243. The van der Waals surface area contributed by atoms with Crippen LogP contribution in [0.4, 0.5) is 0 Å². The number of amides is 1. The Hall–Kier alpha value is -1.28. The summed E-state index contributed by atoms with van der Waals surface area (Å²) in [5, 5.41) is 13.9. The lowest BCUT2D eigenvalue weighted by Gasteiger charge is -2.25. The van der Waals surface area contributed by atoms with E-state index in [2.05, 4.69) is 43.5 Å². The van der Waals surface area contributed by atoms with Crippen molar-refractivity contribution in [3.05, 3.63) is 36.5 Å². The molecule has 0 aromatic carbocycles. The highest BCUT2D eigenvalue weighted by Crippen LogP contribution is 2.43. The summed E-state index contributed by atoms with van der Waals surface area (Å²) in [5.74, 6) is -0.188. The fraction of sp³-hybridized carbons (Fsp3) is 0.881. The van der Waals surface area contributed by atoms with E-state index >= 15 is 0 Å². The average Bonchev–Trinajstić information content (AvgIpc) is 3.30. The predicted octanol–water partition coefficient (Wildman–Crippen LogP) is 17.8. The third kappa shape index (κ3) is 52.5. The number of rotatable bonds is 54. The lowest BCUT2D eigenvalue weighted by molar-refractivity contribution is -0.870. The highest BCUT2D eigenvalue weighted by molar-refractivity contribution is 7.47. The molecule has 0 aliphatic carbocycles. The maximum Gasteiger partial charge on any atom is 0.472 e. The number of aliphatic hydroxyl groups is 1. The third-order valence-corrected chi connectivity index (χ3v) is 14.3. The number of likely N-dealkylation sites (N-methyl/N-ethyl adjacent to an activating group) is 1. The highest BCUT2D eigenvalue weighted by atomic mass is 31.2. The summed E-state index contributed by atoms with van der Waals surface area (Å²) in [6.45, 7) is 4.82. The Labute approximate surface area is 423 Å². The van der Waals surface area contributed by atoms with Gasteiger partial charge in [-0.25, -0.2) is 4.57 Å². The molecule has 0 spiro atoms. The Morgan fingerprint density at radius 1 is 0.500 bits per heavy atom. The summed E-state index contributed by atoms with van der Waals surface area (Å²) in [5.41, 5.74) is 0. The van der Waals surface area contributed by atoms with Crippen molar-refractivity contribution >= 4 is 13.7 Å². The molecule has 68 heavy (non-hydrogen) atoms. The van der Waals surface area contributed by atoms with E-state index in [4.69, 9.17) is 9.05 Å². The van der Waals surface area contributed by atoms with Crippen molar-refractivity contribution in [1.29, 1.82) is 0 Å². The van der Waals surface area contributed by atoms with Gasteiger partial charge in [0.2, 0.25) is 5.91 Å². The van der Waals surface area contributed by atoms with Gasteiger partial charge < -0.3 is 19.8 Å². The van der Waals surface area contributed by atoms with Crippen LogP contribution in [0.3, 0.4) is 0 Å². The van der Waals surface area contributed by atoms with Gasteiger partial charge in [0.05, 0.1) is 39.9 Å². The van der Waals surface area contributed by atoms with E-state index in [1.165, 1.54) is 199 Å². The number of hydrogen-bond acceptors (Lipinski definition) is 5. The molecule has 1 amide bonds. The summed E-state index contributed by atoms with van der Waals surface area (Å²) < 4.78 is 23.7. The zero-order valence-corrected chi connectivity index (χ0v) is 46.8. The van der Waals surface area contributed by atoms with Gasteiger partial charge >= 0.3 is 7.82 Å². The topological polar surface area (TPSA) is 105 Å². The van der Waals surface area contributed by atoms with Crippen LogP contribution in [0.15, 0.2) is 36.5 Å². The second-order valence-corrected chi connectivity index (χ2v) is 22.8. The van der Waals surface area contributed by atoms with Crippen LogP contribution in [0.2, 0.25) is 0 Å². The number of carbonyl (C=O) groups is 1. The summed E-state index contributed by atoms with van der Waals surface area (Å²) in [7, 11) is 1.57. The van der Waals surface area contributed by atoms with Gasteiger partial charge in [-0.1, -0.05) is 262 Å². The van der Waals surface area contributed by atoms with Crippen molar-refractivity contribution in [3.63, 3.8) is 0 Å². The number of phosphoric acid groups is 1. The molecule has 9 heteroatoms. The van der Waals surface area contributed by atoms with Crippen molar-refractivity contribution < 1.29 is 32.9 Å². The van der Waals surface area contributed by atoms with Gasteiger partial charge in [0.15, 0.2) is 0 Å². The molecule has 402 valence electrons. The van der Waals surface area contributed by atoms with Crippen LogP contribution in [-0.4, -0.2) is 73.4 Å². The molecule has 0 saturated heterocycles. The van der Waals surface area contributed by atoms with Crippen molar-refractivity contribution in [1.82, 2.24) is 5.32 Å². The van der Waals surface area contributed by atoms with E-state index in [0.29, 0.717) is 17.4 Å². The van der Waals surface area contributed by atoms with Gasteiger partial charge in [0.25, 0.3) is 0 Å². The fourth-order valence-corrected chi connectivity index (χ4v) is 9.46.